The molecule has 8 heteroatoms. The third-order valence-electron chi connectivity index (χ3n) is 2.90. The highest BCUT2D eigenvalue weighted by Gasteiger charge is 2.11. The second-order valence-electron chi connectivity index (χ2n) is 4.47. The van der Waals surface area contributed by atoms with Gasteiger partial charge in [-0.1, -0.05) is 12.1 Å². The SMILES string of the molecule is COc1ccc(/C=N\NC(=O)c2ccccc2F)cc1OC(F)F. The second kappa shape index (κ2) is 8.00. The van der Waals surface area contributed by atoms with Gasteiger partial charge in [0.25, 0.3) is 5.91 Å². The summed E-state index contributed by atoms with van der Waals surface area (Å²) in [5, 5.41) is 3.66. The van der Waals surface area contributed by atoms with Crippen LogP contribution in [0, 0.1) is 5.82 Å². The Labute approximate surface area is 135 Å². The van der Waals surface area contributed by atoms with Crippen molar-refractivity contribution in [3.8, 4) is 11.5 Å². The van der Waals surface area contributed by atoms with Gasteiger partial charge in [-0.05, 0) is 35.9 Å². The lowest BCUT2D eigenvalue weighted by molar-refractivity contribution is -0.0512. The van der Waals surface area contributed by atoms with Crippen LogP contribution in [0.15, 0.2) is 47.6 Å². The van der Waals surface area contributed by atoms with Gasteiger partial charge in [-0.3, -0.25) is 4.79 Å². The number of methoxy groups -OCH3 is 1. The fraction of sp³-hybridized carbons (Fsp3) is 0.125. The molecule has 0 aliphatic heterocycles. The van der Waals surface area contributed by atoms with E-state index in [9.17, 15) is 18.0 Å². The topological polar surface area (TPSA) is 59.9 Å². The van der Waals surface area contributed by atoms with Crippen LogP contribution in [-0.4, -0.2) is 25.8 Å². The number of amides is 1. The van der Waals surface area contributed by atoms with Crippen molar-refractivity contribution in [3.63, 3.8) is 0 Å². The minimum atomic E-state index is -3.01. The molecule has 2 aromatic rings. The van der Waals surface area contributed by atoms with Gasteiger partial charge in [-0.25, -0.2) is 9.82 Å². The van der Waals surface area contributed by atoms with E-state index < -0.39 is 18.3 Å². The molecule has 1 amide bonds. The van der Waals surface area contributed by atoms with E-state index in [0.717, 1.165) is 6.07 Å². The van der Waals surface area contributed by atoms with Crippen LogP contribution in [0.3, 0.4) is 0 Å². The summed E-state index contributed by atoms with van der Waals surface area (Å²) in [5.74, 6) is -1.45. The molecule has 0 bridgehead atoms. The Balaban J connectivity index is 2.09. The van der Waals surface area contributed by atoms with E-state index in [1.165, 1.54) is 49.7 Å². The Morgan fingerprint density at radius 3 is 2.62 bits per heavy atom. The molecule has 0 saturated heterocycles. The molecule has 2 rings (SSSR count). The van der Waals surface area contributed by atoms with E-state index in [1.807, 2.05) is 0 Å². The first-order valence-corrected chi connectivity index (χ1v) is 6.72. The molecule has 1 N–H and O–H groups in total. The maximum Gasteiger partial charge on any atom is 0.387 e. The van der Waals surface area contributed by atoms with Crippen molar-refractivity contribution >= 4 is 12.1 Å². The van der Waals surface area contributed by atoms with Crippen molar-refractivity contribution in [2.24, 2.45) is 5.10 Å². The maximum atomic E-state index is 13.4. The molecule has 0 aliphatic rings. The van der Waals surface area contributed by atoms with E-state index in [-0.39, 0.29) is 17.1 Å². The van der Waals surface area contributed by atoms with E-state index in [4.69, 9.17) is 4.74 Å². The molecule has 2 aromatic carbocycles. The number of rotatable bonds is 6. The molecule has 0 spiro atoms. The molecule has 0 unspecified atom stereocenters. The number of halogens is 3. The average molecular weight is 338 g/mol. The van der Waals surface area contributed by atoms with Gasteiger partial charge in [0.15, 0.2) is 11.5 Å². The minimum absolute atomic E-state index is 0.128. The highest BCUT2D eigenvalue weighted by molar-refractivity contribution is 5.95. The van der Waals surface area contributed by atoms with Gasteiger partial charge >= 0.3 is 6.61 Å². The highest BCUT2D eigenvalue weighted by Crippen LogP contribution is 2.28. The fourth-order valence-electron chi connectivity index (χ4n) is 1.83. The van der Waals surface area contributed by atoms with Crippen LogP contribution in [0.5, 0.6) is 11.5 Å². The summed E-state index contributed by atoms with van der Waals surface area (Å²) in [6, 6.07) is 9.63. The van der Waals surface area contributed by atoms with Crippen LogP contribution in [-0.2, 0) is 0 Å². The van der Waals surface area contributed by atoms with E-state index in [0.29, 0.717) is 5.56 Å². The van der Waals surface area contributed by atoms with E-state index in [1.54, 1.807) is 0 Å². The number of hydrogen-bond acceptors (Lipinski definition) is 4. The normalized spacial score (nSPS) is 10.9. The predicted octanol–water partition coefficient (Wildman–Crippen LogP) is 3.20. The summed E-state index contributed by atoms with van der Waals surface area (Å²) in [7, 11) is 1.32. The van der Waals surface area contributed by atoms with Crippen LogP contribution in [0.1, 0.15) is 15.9 Å². The summed E-state index contributed by atoms with van der Waals surface area (Å²) >= 11 is 0. The Morgan fingerprint density at radius 2 is 1.96 bits per heavy atom. The van der Waals surface area contributed by atoms with E-state index >= 15 is 0 Å². The lowest BCUT2D eigenvalue weighted by Crippen LogP contribution is -2.18. The molecule has 5 nitrogen and oxygen atoms in total. The molecule has 0 radical (unpaired) electrons. The fourth-order valence-corrected chi connectivity index (χ4v) is 1.83. The van der Waals surface area contributed by atoms with Gasteiger partial charge < -0.3 is 9.47 Å². The number of nitrogens with zero attached hydrogens (tertiary/aromatic N) is 1. The van der Waals surface area contributed by atoms with Crippen molar-refractivity contribution in [3.05, 3.63) is 59.4 Å². The van der Waals surface area contributed by atoms with Crippen molar-refractivity contribution in [2.45, 2.75) is 6.61 Å². The standard InChI is InChI=1S/C16H13F3N2O3/c1-23-13-7-6-10(8-14(13)24-16(18)19)9-20-21-15(22)11-4-2-3-5-12(11)17/h2-9,16H,1H3,(H,21,22)/b20-9-. The zero-order chi connectivity index (χ0) is 17.5. The summed E-state index contributed by atoms with van der Waals surface area (Å²) in [6.07, 6.45) is 1.20. The summed E-state index contributed by atoms with van der Waals surface area (Å²) in [6.45, 7) is -3.01. The zero-order valence-corrected chi connectivity index (χ0v) is 12.5. The van der Waals surface area contributed by atoms with Crippen LogP contribution in [0.4, 0.5) is 13.2 Å². The molecule has 0 aromatic heterocycles. The summed E-state index contributed by atoms with van der Waals surface area (Å²) in [5.41, 5.74) is 2.36. The number of hydrogen-bond donors (Lipinski definition) is 1. The van der Waals surface area contributed by atoms with Gasteiger partial charge in [0.1, 0.15) is 5.82 Å². The van der Waals surface area contributed by atoms with Crippen LogP contribution >= 0.6 is 0 Å². The zero-order valence-electron chi connectivity index (χ0n) is 12.5. The first kappa shape index (κ1) is 17.3. The van der Waals surface area contributed by atoms with Gasteiger partial charge in [-0.15, -0.1) is 0 Å². The molecule has 24 heavy (non-hydrogen) atoms. The van der Waals surface area contributed by atoms with Gasteiger partial charge in [0, 0.05) is 0 Å². The van der Waals surface area contributed by atoms with Crippen LogP contribution in [0.25, 0.3) is 0 Å². The number of carbonyl (C=O) groups is 1. The number of alkyl halides is 2. The predicted molar refractivity (Wildman–Crippen MR) is 81.1 cm³/mol. The largest absolute Gasteiger partial charge is 0.493 e. The molecule has 126 valence electrons. The molecule has 0 fully saturated rings. The molecule has 0 aliphatic carbocycles. The minimum Gasteiger partial charge on any atom is -0.493 e. The van der Waals surface area contributed by atoms with Crippen molar-refractivity contribution in [1.82, 2.24) is 5.43 Å². The summed E-state index contributed by atoms with van der Waals surface area (Å²) in [4.78, 5) is 11.8. The smallest absolute Gasteiger partial charge is 0.387 e. The Hall–Kier alpha value is -3.03. The Morgan fingerprint density at radius 1 is 1.21 bits per heavy atom. The number of carbonyl (C=O) groups excluding carboxylic acids is 1. The quantitative estimate of drug-likeness (QED) is 0.650. The number of nitrogens with one attached hydrogen (secondary N) is 1. The molecular formula is C16H13F3N2O3. The summed E-state index contributed by atoms with van der Waals surface area (Å²) < 4.78 is 47.4. The first-order valence-electron chi connectivity index (χ1n) is 6.72. The first-order chi connectivity index (χ1) is 11.5. The van der Waals surface area contributed by atoms with Crippen molar-refractivity contribution in [1.29, 1.82) is 0 Å². The lowest BCUT2D eigenvalue weighted by Gasteiger charge is -2.10. The average Bonchev–Trinajstić information content (AvgIpc) is 2.55. The third-order valence-corrected chi connectivity index (χ3v) is 2.90. The Bertz CT molecular complexity index is 751. The molecule has 0 heterocycles. The number of ether oxygens (including phenoxy) is 2. The molecule has 0 atom stereocenters. The third kappa shape index (κ3) is 4.48. The maximum absolute atomic E-state index is 13.4. The molecule has 0 saturated carbocycles. The van der Waals surface area contributed by atoms with Gasteiger partial charge in [-0.2, -0.15) is 13.9 Å². The highest BCUT2D eigenvalue weighted by atomic mass is 19.3. The van der Waals surface area contributed by atoms with Crippen molar-refractivity contribution in [2.75, 3.05) is 7.11 Å². The number of hydrazone groups is 1. The lowest BCUT2D eigenvalue weighted by atomic mass is 10.2. The molecular weight excluding hydrogens is 325 g/mol. The van der Waals surface area contributed by atoms with Crippen molar-refractivity contribution < 1.29 is 27.4 Å². The monoisotopic (exact) mass is 338 g/mol. The van der Waals surface area contributed by atoms with Crippen LogP contribution < -0.4 is 14.9 Å². The van der Waals surface area contributed by atoms with E-state index in [2.05, 4.69) is 15.3 Å². The van der Waals surface area contributed by atoms with Gasteiger partial charge in [0.2, 0.25) is 0 Å². The van der Waals surface area contributed by atoms with Gasteiger partial charge in [0.05, 0.1) is 18.9 Å². The second-order valence-corrected chi connectivity index (χ2v) is 4.47. The Kier molecular flexibility index (Phi) is 5.78. The van der Waals surface area contributed by atoms with Crippen LogP contribution in [0.2, 0.25) is 0 Å². The number of benzene rings is 2.